The monoisotopic (exact) mass is 415 g/mol. The predicted molar refractivity (Wildman–Crippen MR) is 78.3 cm³/mol. The standard InChI is InChI=1S/C13H13BrF3NO4S/c14-10-6-9(13(15,16)17)3-4-11(10)23(21,22)18-5-1-2-8(7-18)12(19)20/h3-4,6,8H,1-2,5,7H2,(H,19,20)/t8-/m1/s1. The van der Waals surface area contributed by atoms with E-state index in [1.807, 2.05) is 0 Å². The van der Waals surface area contributed by atoms with Gasteiger partial charge in [0.25, 0.3) is 0 Å². The van der Waals surface area contributed by atoms with E-state index >= 15 is 0 Å². The number of piperidine rings is 1. The Labute approximate surface area is 139 Å². The van der Waals surface area contributed by atoms with Crippen molar-refractivity contribution >= 4 is 31.9 Å². The SMILES string of the molecule is O=C(O)[C@@H]1CCCN(S(=O)(=O)c2ccc(C(F)(F)F)cc2Br)C1. The number of hydrogen-bond donors (Lipinski definition) is 1. The summed E-state index contributed by atoms with van der Waals surface area (Å²) in [6.07, 6.45) is -3.83. The number of halogens is 4. The Morgan fingerprint density at radius 3 is 2.52 bits per heavy atom. The molecular weight excluding hydrogens is 403 g/mol. The van der Waals surface area contributed by atoms with Crippen molar-refractivity contribution in [2.45, 2.75) is 23.9 Å². The predicted octanol–water partition coefficient (Wildman–Crippen LogP) is 2.95. The van der Waals surface area contributed by atoms with Crippen LogP contribution in [-0.4, -0.2) is 36.9 Å². The van der Waals surface area contributed by atoms with Gasteiger partial charge >= 0.3 is 12.1 Å². The fourth-order valence-electron chi connectivity index (χ4n) is 2.39. The largest absolute Gasteiger partial charge is 0.481 e. The van der Waals surface area contributed by atoms with E-state index in [1.165, 1.54) is 0 Å². The van der Waals surface area contributed by atoms with Crippen molar-refractivity contribution in [2.75, 3.05) is 13.1 Å². The van der Waals surface area contributed by atoms with Gasteiger partial charge in [-0.25, -0.2) is 8.42 Å². The fraction of sp³-hybridized carbons (Fsp3) is 0.462. The number of alkyl halides is 3. The second-order valence-electron chi connectivity index (χ2n) is 5.18. The highest BCUT2D eigenvalue weighted by Crippen LogP contribution is 2.35. The van der Waals surface area contributed by atoms with Crippen molar-refractivity contribution in [1.82, 2.24) is 4.31 Å². The summed E-state index contributed by atoms with van der Waals surface area (Å²) in [7, 11) is -4.07. The minimum atomic E-state index is -4.58. The Balaban J connectivity index is 2.34. The molecule has 23 heavy (non-hydrogen) atoms. The highest BCUT2D eigenvalue weighted by atomic mass is 79.9. The van der Waals surface area contributed by atoms with Crippen LogP contribution in [0.4, 0.5) is 13.2 Å². The first kappa shape index (κ1) is 18.2. The number of carboxylic acids is 1. The highest BCUT2D eigenvalue weighted by molar-refractivity contribution is 9.10. The normalized spacial score (nSPS) is 20.4. The molecule has 0 unspecified atom stereocenters. The fourth-order valence-corrected chi connectivity index (χ4v) is 4.95. The van der Waals surface area contributed by atoms with Gasteiger partial charge in [0.1, 0.15) is 0 Å². The molecule has 2 rings (SSSR count). The average Bonchev–Trinajstić information content (AvgIpc) is 2.46. The zero-order valence-electron chi connectivity index (χ0n) is 11.7. The number of hydrogen-bond acceptors (Lipinski definition) is 3. The molecule has 0 radical (unpaired) electrons. The van der Waals surface area contributed by atoms with Gasteiger partial charge in [0.15, 0.2) is 0 Å². The van der Waals surface area contributed by atoms with Crippen LogP contribution in [0.3, 0.4) is 0 Å². The lowest BCUT2D eigenvalue weighted by Gasteiger charge is -2.30. The molecule has 0 aromatic heterocycles. The molecule has 10 heteroatoms. The van der Waals surface area contributed by atoms with Crippen LogP contribution in [0.15, 0.2) is 27.6 Å². The molecule has 1 fully saturated rings. The van der Waals surface area contributed by atoms with Crippen LogP contribution in [0.25, 0.3) is 0 Å². The van der Waals surface area contributed by atoms with Crippen LogP contribution in [0, 0.1) is 5.92 Å². The Hall–Kier alpha value is -1.13. The molecule has 1 heterocycles. The van der Waals surface area contributed by atoms with Crippen LogP contribution in [0.1, 0.15) is 18.4 Å². The van der Waals surface area contributed by atoms with Crippen LogP contribution < -0.4 is 0 Å². The summed E-state index contributed by atoms with van der Waals surface area (Å²) in [5.41, 5.74) is -0.967. The summed E-state index contributed by atoms with van der Waals surface area (Å²) in [5, 5.41) is 9.02. The molecule has 0 aliphatic carbocycles. The molecule has 128 valence electrons. The van der Waals surface area contributed by atoms with Gasteiger partial charge in [-0.2, -0.15) is 17.5 Å². The molecule has 1 saturated heterocycles. The minimum absolute atomic E-state index is 0.138. The van der Waals surface area contributed by atoms with Crippen LogP contribution in [-0.2, 0) is 21.0 Å². The first-order chi connectivity index (χ1) is 10.5. The molecule has 1 aromatic rings. The van der Waals surface area contributed by atoms with E-state index in [4.69, 9.17) is 5.11 Å². The number of carbonyl (C=O) groups is 1. The van der Waals surface area contributed by atoms with Gasteiger partial charge in [-0.15, -0.1) is 0 Å². The lowest BCUT2D eigenvalue weighted by atomic mass is 10.0. The first-order valence-electron chi connectivity index (χ1n) is 6.63. The number of sulfonamides is 1. The molecule has 0 bridgehead atoms. The maximum atomic E-state index is 12.6. The van der Waals surface area contributed by atoms with Crippen LogP contribution >= 0.6 is 15.9 Å². The third-order valence-corrected chi connectivity index (χ3v) is 6.45. The van der Waals surface area contributed by atoms with E-state index in [-0.39, 0.29) is 22.5 Å². The zero-order chi connectivity index (χ0) is 17.4. The molecule has 1 aliphatic rings. The molecule has 0 amide bonds. The summed E-state index contributed by atoms with van der Waals surface area (Å²) in [4.78, 5) is 10.7. The smallest absolute Gasteiger partial charge is 0.416 e. The van der Waals surface area contributed by atoms with E-state index in [0.717, 1.165) is 10.4 Å². The lowest BCUT2D eigenvalue weighted by molar-refractivity contribution is -0.143. The molecule has 0 saturated carbocycles. The second-order valence-corrected chi connectivity index (χ2v) is 7.94. The molecule has 1 atom stereocenters. The van der Waals surface area contributed by atoms with E-state index in [1.54, 1.807) is 0 Å². The van der Waals surface area contributed by atoms with Crippen molar-refractivity contribution in [1.29, 1.82) is 0 Å². The number of nitrogens with zero attached hydrogens (tertiary/aromatic N) is 1. The number of benzene rings is 1. The van der Waals surface area contributed by atoms with Crippen molar-refractivity contribution in [2.24, 2.45) is 5.92 Å². The summed E-state index contributed by atoms with van der Waals surface area (Å²) in [5.74, 6) is -1.90. The molecule has 1 aromatic carbocycles. The van der Waals surface area contributed by atoms with Gasteiger partial charge in [0, 0.05) is 17.6 Å². The van der Waals surface area contributed by atoms with Gasteiger partial charge in [-0.3, -0.25) is 4.79 Å². The summed E-state index contributed by atoms with van der Waals surface area (Å²) < 4.78 is 63.9. The topological polar surface area (TPSA) is 74.7 Å². The van der Waals surface area contributed by atoms with Crippen LogP contribution in [0.5, 0.6) is 0 Å². The van der Waals surface area contributed by atoms with Crippen molar-refractivity contribution in [3.8, 4) is 0 Å². The number of aliphatic carboxylic acids is 1. The zero-order valence-corrected chi connectivity index (χ0v) is 14.1. The Kier molecular flexibility index (Phi) is 5.07. The molecule has 5 nitrogen and oxygen atoms in total. The summed E-state index contributed by atoms with van der Waals surface area (Å²) in [6.45, 7) is -0.0509. The maximum absolute atomic E-state index is 12.6. The van der Waals surface area contributed by atoms with Gasteiger partial charge < -0.3 is 5.11 Å². The van der Waals surface area contributed by atoms with E-state index in [9.17, 15) is 26.4 Å². The van der Waals surface area contributed by atoms with Crippen molar-refractivity contribution < 1.29 is 31.5 Å². The van der Waals surface area contributed by atoms with Gasteiger partial charge in [0.2, 0.25) is 10.0 Å². The summed E-state index contributed by atoms with van der Waals surface area (Å²) in [6, 6.07) is 2.27. The number of rotatable bonds is 3. The Morgan fingerprint density at radius 2 is 2.00 bits per heavy atom. The Bertz CT molecular complexity index is 720. The number of carboxylic acid groups (broad SMARTS) is 1. The summed E-state index contributed by atoms with van der Waals surface area (Å²) >= 11 is 2.86. The molecule has 1 aliphatic heterocycles. The molecule has 1 N–H and O–H groups in total. The van der Waals surface area contributed by atoms with E-state index < -0.39 is 33.7 Å². The molecule has 0 spiro atoms. The lowest BCUT2D eigenvalue weighted by Crippen LogP contribution is -2.42. The first-order valence-corrected chi connectivity index (χ1v) is 8.86. The molecular formula is C13H13BrF3NO4S. The average molecular weight is 416 g/mol. The van der Waals surface area contributed by atoms with Gasteiger partial charge in [0.05, 0.1) is 16.4 Å². The quantitative estimate of drug-likeness (QED) is 0.823. The third-order valence-electron chi connectivity index (χ3n) is 3.61. The van der Waals surface area contributed by atoms with Gasteiger partial charge in [-0.1, -0.05) is 0 Å². The van der Waals surface area contributed by atoms with Crippen LogP contribution in [0.2, 0.25) is 0 Å². The Morgan fingerprint density at radius 1 is 1.35 bits per heavy atom. The van der Waals surface area contributed by atoms with Gasteiger partial charge in [-0.05, 0) is 47.0 Å². The van der Waals surface area contributed by atoms with E-state index in [0.29, 0.717) is 25.0 Å². The van der Waals surface area contributed by atoms with E-state index in [2.05, 4.69) is 15.9 Å². The minimum Gasteiger partial charge on any atom is -0.481 e. The van der Waals surface area contributed by atoms with Crippen molar-refractivity contribution in [3.05, 3.63) is 28.2 Å². The van der Waals surface area contributed by atoms with Crippen molar-refractivity contribution in [3.63, 3.8) is 0 Å². The second kappa shape index (κ2) is 6.40. The maximum Gasteiger partial charge on any atom is 0.416 e. The third kappa shape index (κ3) is 3.86. The highest BCUT2D eigenvalue weighted by Gasteiger charge is 2.36.